The maximum Gasteiger partial charge on any atom is 0.321 e. The number of hydrogen-bond donors (Lipinski definition) is 2. The second-order valence-corrected chi connectivity index (χ2v) is 4.45. The van der Waals surface area contributed by atoms with Gasteiger partial charge in [0, 0.05) is 5.75 Å². The molecule has 1 aromatic carbocycles. The van der Waals surface area contributed by atoms with Crippen LogP contribution in [0.15, 0.2) is 35.5 Å². The topological polar surface area (TPSA) is 107 Å². The van der Waals surface area contributed by atoms with Gasteiger partial charge in [0.15, 0.2) is 0 Å². The van der Waals surface area contributed by atoms with Crippen LogP contribution in [0.25, 0.3) is 5.69 Å². The van der Waals surface area contributed by atoms with E-state index in [4.69, 9.17) is 10.8 Å². The number of carboxylic acids is 1. The number of nitrogens with zero attached hydrogens (tertiary/aromatic N) is 4. The first-order valence-electron chi connectivity index (χ1n) is 5.13. The summed E-state index contributed by atoms with van der Waals surface area (Å²) in [4.78, 5) is 10.6. The summed E-state index contributed by atoms with van der Waals surface area (Å²) in [5.41, 5.74) is 6.24. The van der Waals surface area contributed by atoms with Gasteiger partial charge in [-0.3, -0.25) is 4.79 Å². The Bertz CT molecular complexity index is 530. The number of carboxylic acid groups (broad SMARTS) is 1. The minimum absolute atomic E-state index is 0.211. The number of rotatable bonds is 5. The lowest BCUT2D eigenvalue weighted by Gasteiger charge is -2.06. The van der Waals surface area contributed by atoms with Crippen molar-refractivity contribution in [2.45, 2.75) is 11.2 Å². The maximum absolute atomic E-state index is 10.6. The molecule has 94 valence electrons. The van der Waals surface area contributed by atoms with Gasteiger partial charge in [-0.05, 0) is 22.6 Å². The molecule has 0 amide bonds. The highest BCUT2D eigenvalue weighted by Crippen LogP contribution is 2.18. The molecule has 0 aliphatic rings. The van der Waals surface area contributed by atoms with Crippen molar-refractivity contribution >= 4 is 17.7 Å². The molecule has 1 heterocycles. The van der Waals surface area contributed by atoms with Crippen molar-refractivity contribution < 1.29 is 9.90 Å². The van der Waals surface area contributed by atoms with E-state index in [2.05, 4.69) is 15.5 Å². The number of nitrogens with two attached hydrogens (primary N) is 1. The number of aromatic nitrogens is 4. The number of aliphatic carboxylic acids is 1. The number of para-hydroxylation sites is 1. The van der Waals surface area contributed by atoms with Gasteiger partial charge in [-0.1, -0.05) is 30.0 Å². The van der Waals surface area contributed by atoms with Crippen molar-refractivity contribution in [2.24, 2.45) is 5.73 Å². The SMILES string of the molecule is NC(CSc1nnnn1-c1ccccc1)C(=O)O. The van der Waals surface area contributed by atoms with Gasteiger partial charge < -0.3 is 10.8 Å². The van der Waals surface area contributed by atoms with Gasteiger partial charge in [0.25, 0.3) is 0 Å². The third-order valence-electron chi connectivity index (χ3n) is 2.15. The largest absolute Gasteiger partial charge is 0.480 e. The average Bonchev–Trinajstić information content (AvgIpc) is 2.85. The number of hydrogen-bond acceptors (Lipinski definition) is 6. The fourth-order valence-electron chi connectivity index (χ4n) is 1.24. The summed E-state index contributed by atoms with van der Waals surface area (Å²) in [6, 6.07) is 8.41. The van der Waals surface area contributed by atoms with Gasteiger partial charge in [-0.2, -0.15) is 4.68 Å². The first kappa shape index (κ1) is 12.5. The quantitative estimate of drug-likeness (QED) is 0.742. The number of thioether (sulfide) groups is 1. The summed E-state index contributed by atoms with van der Waals surface area (Å²) in [5.74, 6) is -0.830. The third kappa shape index (κ3) is 2.84. The molecule has 8 heteroatoms. The molecule has 0 saturated heterocycles. The second kappa shape index (κ2) is 5.61. The van der Waals surface area contributed by atoms with Gasteiger partial charge in [0.05, 0.1) is 5.69 Å². The molecule has 3 N–H and O–H groups in total. The second-order valence-electron chi connectivity index (χ2n) is 3.46. The van der Waals surface area contributed by atoms with Crippen LogP contribution in [0.4, 0.5) is 0 Å². The average molecular weight is 265 g/mol. The Morgan fingerprint density at radius 3 is 2.83 bits per heavy atom. The highest BCUT2D eigenvalue weighted by molar-refractivity contribution is 7.99. The fraction of sp³-hybridized carbons (Fsp3) is 0.200. The highest BCUT2D eigenvalue weighted by Gasteiger charge is 2.15. The first-order valence-corrected chi connectivity index (χ1v) is 6.12. The van der Waals surface area contributed by atoms with Crippen LogP contribution in [0.3, 0.4) is 0 Å². The predicted octanol–water partition coefficient (Wildman–Crippen LogP) is 0.166. The van der Waals surface area contributed by atoms with Crippen LogP contribution in [0.1, 0.15) is 0 Å². The summed E-state index contributed by atoms with van der Waals surface area (Å²) in [6.07, 6.45) is 0. The zero-order valence-electron chi connectivity index (χ0n) is 9.30. The Balaban J connectivity index is 2.12. The summed E-state index contributed by atoms with van der Waals surface area (Å²) < 4.78 is 1.54. The predicted molar refractivity (Wildman–Crippen MR) is 65.5 cm³/mol. The third-order valence-corrected chi connectivity index (χ3v) is 3.19. The van der Waals surface area contributed by atoms with E-state index in [0.29, 0.717) is 5.16 Å². The molecular weight excluding hydrogens is 254 g/mol. The Morgan fingerprint density at radius 2 is 2.17 bits per heavy atom. The zero-order valence-corrected chi connectivity index (χ0v) is 10.1. The van der Waals surface area contributed by atoms with Gasteiger partial charge in [-0.15, -0.1) is 5.10 Å². The molecule has 1 unspecified atom stereocenters. The summed E-state index contributed by atoms with van der Waals surface area (Å²) >= 11 is 1.21. The van der Waals surface area contributed by atoms with E-state index in [-0.39, 0.29) is 5.75 Å². The van der Waals surface area contributed by atoms with Gasteiger partial charge in [-0.25, -0.2) is 0 Å². The molecule has 18 heavy (non-hydrogen) atoms. The lowest BCUT2D eigenvalue weighted by molar-refractivity contribution is -0.137. The molecule has 0 spiro atoms. The van der Waals surface area contributed by atoms with E-state index in [0.717, 1.165) is 5.69 Å². The molecule has 0 aliphatic heterocycles. The van der Waals surface area contributed by atoms with Crippen molar-refractivity contribution in [1.29, 1.82) is 0 Å². The Labute approximate surface area is 107 Å². The molecule has 0 fully saturated rings. The van der Waals surface area contributed by atoms with Crippen molar-refractivity contribution in [2.75, 3.05) is 5.75 Å². The molecule has 0 bridgehead atoms. The van der Waals surface area contributed by atoms with Crippen LogP contribution in [-0.2, 0) is 4.79 Å². The Morgan fingerprint density at radius 1 is 1.44 bits per heavy atom. The molecule has 0 radical (unpaired) electrons. The molecular formula is C10H11N5O2S. The van der Waals surface area contributed by atoms with Crippen LogP contribution >= 0.6 is 11.8 Å². The summed E-state index contributed by atoms with van der Waals surface area (Å²) in [7, 11) is 0. The van der Waals surface area contributed by atoms with E-state index < -0.39 is 12.0 Å². The maximum atomic E-state index is 10.6. The molecule has 0 aliphatic carbocycles. The zero-order chi connectivity index (χ0) is 13.0. The van der Waals surface area contributed by atoms with Gasteiger partial charge in [0.1, 0.15) is 6.04 Å². The molecule has 7 nitrogen and oxygen atoms in total. The van der Waals surface area contributed by atoms with E-state index in [9.17, 15) is 4.79 Å². The number of benzene rings is 1. The number of carbonyl (C=O) groups is 1. The minimum atomic E-state index is -1.04. The van der Waals surface area contributed by atoms with Crippen molar-refractivity contribution in [3.63, 3.8) is 0 Å². The van der Waals surface area contributed by atoms with Crippen LogP contribution < -0.4 is 5.73 Å². The van der Waals surface area contributed by atoms with Crippen LogP contribution in [0, 0.1) is 0 Å². The molecule has 2 aromatic rings. The van der Waals surface area contributed by atoms with Crippen LogP contribution in [0.5, 0.6) is 0 Å². The lowest BCUT2D eigenvalue weighted by atomic mass is 10.3. The van der Waals surface area contributed by atoms with Gasteiger partial charge >= 0.3 is 5.97 Å². The highest BCUT2D eigenvalue weighted by atomic mass is 32.2. The first-order chi connectivity index (χ1) is 8.68. The summed E-state index contributed by atoms with van der Waals surface area (Å²) in [5, 5.41) is 20.5. The summed E-state index contributed by atoms with van der Waals surface area (Å²) in [6.45, 7) is 0. The molecule has 1 aromatic heterocycles. The van der Waals surface area contributed by atoms with Crippen molar-refractivity contribution in [1.82, 2.24) is 20.2 Å². The Hall–Kier alpha value is -1.93. The van der Waals surface area contributed by atoms with Crippen LogP contribution in [0.2, 0.25) is 0 Å². The molecule has 1 atom stereocenters. The number of tetrazole rings is 1. The van der Waals surface area contributed by atoms with E-state index >= 15 is 0 Å². The van der Waals surface area contributed by atoms with Crippen LogP contribution in [-0.4, -0.2) is 43.1 Å². The van der Waals surface area contributed by atoms with Crippen molar-refractivity contribution in [3.8, 4) is 5.69 Å². The smallest absolute Gasteiger partial charge is 0.321 e. The van der Waals surface area contributed by atoms with E-state index in [1.807, 2.05) is 30.3 Å². The van der Waals surface area contributed by atoms with E-state index in [1.165, 1.54) is 11.8 Å². The standard InChI is InChI=1S/C10H11N5O2S/c11-8(9(16)17)6-18-10-12-13-14-15(10)7-4-2-1-3-5-7/h1-5,8H,6,11H2,(H,16,17). The fourth-order valence-corrected chi connectivity index (χ4v) is 2.07. The molecule has 0 saturated carbocycles. The normalized spacial score (nSPS) is 12.3. The van der Waals surface area contributed by atoms with Gasteiger partial charge in [0.2, 0.25) is 5.16 Å². The Kier molecular flexibility index (Phi) is 3.90. The van der Waals surface area contributed by atoms with Crippen molar-refractivity contribution in [3.05, 3.63) is 30.3 Å². The molecule has 2 rings (SSSR count). The van der Waals surface area contributed by atoms with E-state index in [1.54, 1.807) is 4.68 Å². The minimum Gasteiger partial charge on any atom is -0.480 e. The monoisotopic (exact) mass is 265 g/mol. The lowest BCUT2D eigenvalue weighted by Crippen LogP contribution is -2.32.